The molecule has 0 amide bonds. The molecule has 0 fully saturated rings. The van der Waals surface area contributed by atoms with Crippen molar-refractivity contribution in [3.8, 4) is 33.4 Å². The summed E-state index contributed by atoms with van der Waals surface area (Å²) in [6, 6.07) is 38.5. The van der Waals surface area contributed by atoms with Gasteiger partial charge in [-0.1, -0.05) is 202 Å². The molecule has 0 aromatic heterocycles. The van der Waals surface area contributed by atoms with Crippen LogP contribution in [-0.2, 0) is 34.6 Å². The van der Waals surface area contributed by atoms with Gasteiger partial charge < -0.3 is 0 Å². The van der Waals surface area contributed by atoms with Crippen LogP contribution in [0.4, 0.5) is 0 Å². The molecule has 0 saturated carbocycles. The van der Waals surface area contributed by atoms with E-state index < -0.39 is 0 Å². The van der Waals surface area contributed by atoms with E-state index in [0.717, 1.165) is 26.1 Å². The lowest BCUT2D eigenvalue weighted by Gasteiger charge is -2.30. The van der Waals surface area contributed by atoms with Gasteiger partial charge in [-0.3, -0.25) is 4.90 Å². The molecule has 6 aromatic rings. The van der Waals surface area contributed by atoms with Gasteiger partial charge in [0.1, 0.15) is 0 Å². The van der Waals surface area contributed by atoms with E-state index in [1.54, 1.807) is 0 Å². The van der Waals surface area contributed by atoms with E-state index in [0.29, 0.717) is 0 Å². The molecule has 0 saturated heterocycles. The maximum absolute atomic E-state index is 2.78. The van der Waals surface area contributed by atoms with Crippen molar-refractivity contribution in [3.63, 3.8) is 0 Å². The van der Waals surface area contributed by atoms with E-state index in [9.17, 15) is 0 Å². The van der Waals surface area contributed by atoms with Crippen LogP contribution in [0.15, 0.2) is 97.1 Å². The Kier molecular flexibility index (Phi) is 13.3. The van der Waals surface area contributed by atoms with Crippen LogP contribution in [0.1, 0.15) is 163 Å². The molecule has 0 aliphatic heterocycles. The Bertz CT molecular complexity index is 2370. The molecule has 0 bridgehead atoms. The highest BCUT2D eigenvalue weighted by Gasteiger charge is 2.28. The van der Waals surface area contributed by atoms with E-state index in [1.807, 2.05) is 0 Å². The lowest BCUT2D eigenvalue weighted by atomic mass is 9.76. The van der Waals surface area contributed by atoms with Crippen LogP contribution in [-0.4, -0.2) is 18.0 Å². The Morgan fingerprint density at radius 3 is 1.12 bits per heavy atom. The van der Waals surface area contributed by atoms with E-state index in [1.165, 1.54) is 114 Å². The van der Waals surface area contributed by atoms with Crippen LogP contribution in [0.5, 0.6) is 0 Å². The van der Waals surface area contributed by atoms with Crippen molar-refractivity contribution in [1.29, 1.82) is 0 Å². The molecule has 0 aliphatic rings. The minimum absolute atomic E-state index is 0.0115. The van der Waals surface area contributed by atoms with Crippen molar-refractivity contribution >= 4 is 21.5 Å². The summed E-state index contributed by atoms with van der Waals surface area (Å²) < 4.78 is 0. The summed E-state index contributed by atoms with van der Waals surface area (Å²) in [5.74, 6) is 0. The molecule has 1 heteroatoms. The molecule has 6 aromatic carbocycles. The van der Waals surface area contributed by atoms with Gasteiger partial charge >= 0.3 is 0 Å². The zero-order valence-electron chi connectivity index (χ0n) is 40.3. The van der Waals surface area contributed by atoms with Gasteiger partial charge in [0.2, 0.25) is 0 Å². The minimum Gasteiger partial charge on any atom is -0.299 e. The lowest BCUT2D eigenvalue weighted by Crippen LogP contribution is -2.26. The molecule has 0 spiro atoms. The zero-order valence-corrected chi connectivity index (χ0v) is 40.3. The highest BCUT2D eigenvalue weighted by molar-refractivity contribution is 6.12. The summed E-state index contributed by atoms with van der Waals surface area (Å²) in [5, 5.41) is 5.30. The molecule has 60 heavy (non-hydrogen) atoms. The zero-order chi connectivity index (χ0) is 43.8. The van der Waals surface area contributed by atoms with Crippen molar-refractivity contribution in [1.82, 2.24) is 4.90 Å². The quantitative estimate of drug-likeness (QED) is 0.119. The summed E-state index contributed by atoms with van der Waals surface area (Å²) in [4.78, 5) is 2.78. The summed E-state index contributed by atoms with van der Waals surface area (Å²) in [5.41, 5.74) is 16.8. The number of unbranched alkanes of at least 4 members (excludes halogenated alkanes) is 2. The number of hydrogen-bond donors (Lipinski definition) is 0. The number of benzene rings is 6. The topological polar surface area (TPSA) is 3.24 Å². The Morgan fingerprint density at radius 2 is 0.767 bits per heavy atom. The van der Waals surface area contributed by atoms with Gasteiger partial charge in [0.15, 0.2) is 0 Å². The van der Waals surface area contributed by atoms with Crippen molar-refractivity contribution in [3.05, 3.63) is 130 Å². The molecule has 0 N–H and O–H groups in total. The Hall–Kier alpha value is -4.20. The molecular weight excluding hydrogens is 723 g/mol. The highest BCUT2D eigenvalue weighted by atomic mass is 15.1. The van der Waals surface area contributed by atoms with Gasteiger partial charge in [0, 0.05) is 6.54 Å². The van der Waals surface area contributed by atoms with Gasteiger partial charge in [0.25, 0.3) is 0 Å². The molecule has 0 atom stereocenters. The molecule has 0 heterocycles. The first-order chi connectivity index (χ1) is 28.1. The first-order valence-electron chi connectivity index (χ1n) is 23.3. The number of fused-ring (bicyclic) bond motifs is 2. The summed E-state index contributed by atoms with van der Waals surface area (Å²) in [7, 11) is 0. The van der Waals surface area contributed by atoms with Crippen molar-refractivity contribution in [2.45, 2.75) is 164 Å². The summed E-state index contributed by atoms with van der Waals surface area (Å²) in [6.07, 6.45) is 5.73. The van der Waals surface area contributed by atoms with Gasteiger partial charge in [-0.2, -0.15) is 0 Å². The highest BCUT2D eigenvalue weighted by Crippen LogP contribution is 2.48. The van der Waals surface area contributed by atoms with E-state index in [-0.39, 0.29) is 21.7 Å². The number of hydrogen-bond acceptors (Lipinski definition) is 1. The second kappa shape index (κ2) is 17.6. The van der Waals surface area contributed by atoms with Crippen molar-refractivity contribution in [2.24, 2.45) is 0 Å². The van der Waals surface area contributed by atoms with E-state index in [4.69, 9.17) is 0 Å². The van der Waals surface area contributed by atoms with Gasteiger partial charge in [-0.15, -0.1) is 0 Å². The average molecular weight is 800 g/mol. The standard InChI is InChI=1S/C59H77N/c1-16-19-29-60(30-20-17-2)39-53-52(43-33-46(58(10,11)12)38-47(34-43)59(13,14)15)36-41-26-22-24-28-50(41)55(53)54-48(18-3)51(35-40-25-21-23-27-49(40)54)42-31-44(56(4,5)6)37-45(32-42)57(7,8)9/h21-28,31-38H,16-20,29-30,39H2,1-15H3. The third-order valence-corrected chi connectivity index (χ3v) is 12.9. The minimum atomic E-state index is 0.0115. The van der Waals surface area contributed by atoms with Crippen LogP contribution < -0.4 is 0 Å². The molecule has 1 nitrogen and oxygen atoms in total. The summed E-state index contributed by atoms with van der Waals surface area (Å²) in [6.45, 7) is 38.5. The molecular formula is C59H77N. The van der Waals surface area contributed by atoms with Gasteiger partial charge in [-0.25, -0.2) is 0 Å². The lowest BCUT2D eigenvalue weighted by molar-refractivity contribution is 0.258. The van der Waals surface area contributed by atoms with Gasteiger partial charge in [0.05, 0.1) is 0 Å². The maximum Gasteiger partial charge on any atom is 0.0246 e. The second-order valence-electron chi connectivity index (χ2n) is 21.9. The molecule has 0 radical (unpaired) electrons. The molecule has 318 valence electrons. The number of rotatable bonds is 12. The molecule has 0 unspecified atom stereocenters. The van der Waals surface area contributed by atoms with Crippen LogP contribution in [0.25, 0.3) is 54.9 Å². The monoisotopic (exact) mass is 800 g/mol. The first kappa shape index (κ1) is 45.3. The molecule has 0 aliphatic carbocycles. The smallest absolute Gasteiger partial charge is 0.0246 e. The van der Waals surface area contributed by atoms with Crippen LogP contribution in [0, 0.1) is 0 Å². The fraction of sp³-hybridized carbons (Fsp3) is 0.458. The second-order valence-corrected chi connectivity index (χ2v) is 21.9. The fourth-order valence-corrected chi connectivity index (χ4v) is 8.95. The van der Waals surface area contributed by atoms with Crippen molar-refractivity contribution < 1.29 is 0 Å². The van der Waals surface area contributed by atoms with E-state index in [2.05, 4.69) is 206 Å². The molecule has 6 rings (SSSR count). The summed E-state index contributed by atoms with van der Waals surface area (Å²) >= 11 is 0. The van der Waals surface area contributed by atoms with Crippen LogP contribution in [0.3, 0.4) is 0 Å². The third kappa shape index (κ3) is 9.79. The van der Waals surface area contributed by atoms with Gasteiger partial charge in [-0.05, 0) is 154 Å². The van der Waals surface area contributed by atoms with Crippen molar-refractivity contribution in [2.75, 3.05) is 13.1 Å². The number of nitrogens with zero attached hydrogens (tertiary/aromatic N) is 1. The Morgan fingerprint density at radius 1 is 0.417 bits per heavy atom. The maximum atomic E-state index is 2.78. The average Bonchev–Trinajstić information content (AvgIpc) is 3.19. The predicted molar refractivity (Wildman–Crippen MR) is 267 cm³/mol. The fourth-order valence-electron chi connectivity index (χ4n) is 8.95. The van der Waals surface area contributed by atoms with Crippen LogP contribution >= 0.6 is 0 Å². The largest absolute Gasteiger partial charge is 0.299 e. The predicted octanol–water partition coefficient (Wildman–Crippen LogP) is 17.1. The Labute approximate surface area is 366 Å². The first-order valence-corrected chi connectivity index (χ1v) is 23.3. The SMILES string of the molecule is CCCCN(CCCC)Cc1c(-c2cc(C(C)(C)C)cc(C(C)(C)C)c2)cc2ccccc2c1-c1c(CC)c(-c2cc(C(C)(C)C)cc(C(C)(C)C)c2)cc2ccccc12. The van der Waals surface area contributed by atoms with Crippen LogP contribution in [0.2, 0.25) is 0 Å². The Balaban J connectivity index is 1.84. The van der Waals surface area contributed by atoms with E-state index >= 15 is 0 Å². The normalized spacial score (nSPS) is 12.9. The third-order valence-electron chi connectivity index (χ3n) is 12.9.